The highest BCUT2D eigenvalue weighted by atomic mass is 19.1. The van der Waals surface area contributed by atoms with Crippen molar-refractivity contribution in [3.8, 4) is 0 Å². The summed E-state index contributed by atoms with van der Waals surface area (Å²) in [5.74, 6) is -4.03. The van der Waals surface area contributed by atoms with E-state index in [1.807, 2.05) is 12.2 Å². The number of carboxylic acid groups (broad SMARTS) is 1. The van der Waals surface area contributed by atoms with Gasteiger partial charge in [0.1, 0.15) is 11.6 Å². The Kier molecular flexibility index (Phi) is 9.19. The van der Waals surface area contributed by atoms with Gasteiger partial charge in [0, 0.05) is 38.8 Å². The van der Waals surface area contributed by atoms with Crippen molar-refractivity contribution in [2.45, 2.75) is 44.2 Å². The summed E-state index contributed by atoms with van der Waals surface area (Å²) in [7, 11) is 3.07. The van der Waals surface area contributed by atoms with E-state index in [0.29, 0.717) is 50.8 Å². The predicted octanol–water partition coefficient (Wildman–Crippen LogP) is 4.07. The topological polar surface area (TPSA) is 92.2 Å². The zero-order valence-corrected chi connectivity index (χ0v) is 21.6. The lowest BCUT2D eigenvalue weighted by atomic mass is 9.81. The summed E-state index contributed by atoms with van der Waals surface area (Å²) in [6.45, 7) is 1.03. The van der Waals surface area contributed by atoms with Crippen molar-refractivity contribution in [1.29, 1.82) is 0 Å². The number of hydrogen-bond donors (Lipinski definition) is 3. The molecule has 0 spiro atoms. The summed E-state index contributed by atoms with van der Waals surface area (Å²) in [5.41, 5.74) is 3.44. The maximum Gasteiger partial charge on any atom is 0.307 e. The van der Waals surface area contributed by atoms with Crippen LogP contribution in [-0.4, -0.2) is 62.7 Å². The smallest absolute Gasteiger partial charge is 0.307 e. The minimum Gasteiger partial charge on any atom is -0.481 e. The fourth-order valence-electron chi connectivity index (χ4n) is 5.25. The zero-order valence-electron chi connectivity index (χ0n) is 21.6. The Bertz CT molecular complexity index is 1160. The fourth-order valence-corrected chi connectivity index (χ4v) is 5.25. The highest BCUT2D eigenvalue weighted by Gasteiger charge is 2.41. The van der Waals surface area contributed by atoms with Crippen LogP contribution in [0.15, 0.2) is 58.3 Å². The molecule has 2 aliphatic heterocycles. The molecule has 1 aromatic rings. The molecule has 3 unspecified atom stereocenters. The van der Waals surface area contributed by atoms with E-state index in [9.17, 15) is 18.7 Å². The Hall–Kier alpha value is -2.79. The van der Waals surface area contributed by atoms with Crippen LogP contribution in [-0.2, 0) is 20.7 Å². The van der Waals surface area contributed by atoms with Crippen LogP contribution in [0, 0.1) is 23.5 Å². The van der Waals surface area contributed by atoms with Gasteiger partial charge in [0.2, 0.25) is 5.79 Å². The molecule has 7 nitrogen and oxygen atoms in total. The molecule has 206 valence electrons. The van der Waals surface area contributed by atoms with E-state index in [2.05, 4.69) is 15.6 Å². The van der Waals surface area contributed by atoms with Gasteiger partial charge in [-0.05, 0) is 79.8 Å². The van der Waals surface area contributed by atoms with Gasteiger partial charge in [0.05, 0.1) is 17.3 Å². The summed E-state index contributed by atoms with van der Waals surface area (Å²) < 4.78 is 53.2. The molecule has 10 heteroatoms. The quantitative estimate of drug-likeness (QED) is 0.201. The number of ether oxygens (including phenoxy) is 2. The molecule has 3 N–H and O–H groups in total. The van der Waals surface area contributed by atoms with Gasteiger partial charge in [0.25, 0.3) is 0 Å². The third kappa shape index (κ3) is 6.26. The number of aliphatic imine (C=N–C) groups is 1. The lowest BCUT2D eigenvalue weighted by molar-refractivity contribution is -0.141. The number of nitrogens with zero attached hydrogens (tertiary/aromatic N) is 1. The van der Waals surface area contributed by atoms with Crippen molar-refractivity contribution in [1.82, 2.24) is 10.6 Å². The second-order valence-corrected chi connectivity index (χ2v) is 9.78. The summed E-state index contributed by atoms with van der Waals surface area (Å²) in [4.78, 5) is 16.5. The molecular weight excluding hydrogens is 499 g/mol. The normalized spacial score (nSPS) is 22.6. The molecule has 1 aliphatic carbocycles. The third-order valence-electron chi connectivity index (χ3n) is 7.39. The van der Waals surface area contributed by atoms with E-state index in [1.54, 1.807) is 6.08 Å². The third-order valence-corrected chi connectivity index (χ3v) is 7.39. The van der Waals surface area contributed by atoms with Gasteiger partial charge in [-0.2, -0.15) is 0 Å². The van der Waals surface area contributed by atoms with Crippen LogP contribution in [0.25, 0.3) is 0 Å². The van der Waals surface area contributed by atoms with Crippen LogP contribution in [0.2, 0.25) is 0 Å². The van der Waals surface area contributed by atoms with Gasteiger partial charge in [-0.25, -0.2) is 13.2 Å². The Morgan fingerprint density at radius 1 is 1.29 bits per heavy atom. The molecular formula is C28H34F3N3O4. The summed E-state index contributed by atoms with van der Waals surface area (Å²) in [6.07, 6.45) is 6.35. The zero-order chi connectivity index (χ0) is 27.3. The van der Waals surface area contributed by atoms with Crippen molar-refractivity contribution in [3.05, 3.63) is 70.5 Å². The van der Waals surface area contributed by atoms with Gasteiger partial charge in [-0.1, -0.05) is 6.42 Å². The average molecular weight is 534 g/mol. The highest BCUT2D eigenvalue weighted by Crippen LogP contribution is 2.42. The van der Waals surface area contributed by atoms with Gasteiger partial charge < -0.3 is 19.9 Å². The van der Waals surface area contributed by atoms with Crippen LogP contribution in [0.4, 0.5) is 13.2 Å². The molecule has 3 aliphatic rings. The van der Waals surface area contributed by atoms with Crippen LogP contribution < -0.4 is 10.6 Å². The molecule has 2 heterocycles. The molecule has 0 amide bonds. The Morgan fingerprint density at radius 2 is 2.08 bits per heavy atom. The molecule has 0 bridgehead atoms. The van der Waals surface area contributed by atoms with E-state index >= 15 is 4.39 Å². The lowest BCUT2D eigenvalue weighted by Gasteiger charge is -2.32. The molecule has 3 atom stereocenters. The number of methoxy groups -OCH3 is 2. The van der Waals surface area contributed by atoms with E-state index in [0.717, 1.165) is 34.7 Å². The highest BCUT2D eigenvalue weighted by molar-refractivity contribution is 6.15. The monoisotopic (exact) mass is 533 g/mol. The first kappa shape index (κ1) is 28.2. The molecule has 1 aromatic carbocycles. The van der Waals surface area contributed by atoms with Crippen molar-refractivity contribution in [2.75, 3.05) is 33.9 Å². The maximum absolute atomic E-state index is 15.1. The van der Waals surface area contributed by atoms with Gasteiger partial charge in [-0.15, -0.1) is 0 Å². The first-order valence-electron chi connectivity index (χ1n) is 12.9. The number of alkyl halides is 1. The Balaban J connectivity index is 1.30. The standard InChI is InChI=1S/C28H34F3N3O4/c1-37-28(38-2)11-10-23-21(14-28)25-20(26(31)33-16-24(25)34-23)7-3-5-18(27(35)36)15-32-12-4-6-17-13-19(29)8-9-22(17)30/h8-11,13-14,18,20,26,32-33H,3-7,12,15-16H2,1-2H3,(H,35,36). The van der Waals surface area contributed by atoms with Crippen molar-refractivity contribution in [2.24, 2.45) is 16.8 Å². The van der Waals surface area contributed by atoms with Crippen molar-refractivity contribution >= 4 is 11.7 Å². The molecule has 0 fully saturated rings. The molecule has 0 radical (unpaired) electrons. The number of carbonyl (C=O) groups is 1. The molecule has 0 saturated heterocycles. The average Bonchev–Trinajstić information content (AvgIpc) is 3.27. The van der Waals surface area contributed by atoms with Gasteiger partial charge in [0.15, 0.2) is 6.30 Å². The van der Waals surface area contributed by atoms with Crippen molar-refractivity contribution in [3.63, 3.8) is 0 Å². The van der Waals surface area contributed by atoms with Crippen LogP contribution in [0.3, 0.4) is 0 Å². The summed E-state index contributed by atoms with van der Waals surface area (Å²) >= 11 is 0. The summed E-state index contributed by atoms with van der Waals surface area (Å²) in [5, 5.41) is 15.7. The Morgan fingerprint density at radius 3 is 2.82 bits per heavy atom. The first-order valence-corrected chi connectivity index (χ1v) is 12.9. The fraction of sp³-hybridized carbons (Fsp3) is 0.500. The van der Waals surface area contributed by atoms with Crippen LogP contribution in [0.1, 0.15) is 31.2 Å². The van der Waals surface area contributed by atoms with Gasteiger partial charge >= 0.3 is 5.97 Å². The number of carboxylic acids is 1. The largest absolute Gasteiger partial charge is 0.481 e. The number of nitrogens with one attached hydrogen (secondary N) is 2. The number of aliphatic carboxylic acids is 1. The number of hydrogen-bond acceptors (Lipinski definition) is 6. The van der Waals surface area contributed by atoms with E-state index in [1.165, 1.54) is 20.3 Å². The minimum absolute atomic E-state index is 0.240. The second-order valence-electron chi connectivity index (χ2n) is 9.78. The predicted molar refractivity (Wildman–Crippen MR) is 137 cm³/mol. The second kappa shape index (κ2) is 12.4. The molecule has 0 aromatic heterocycles. The number of rotatable bonds is 13. The van der Waals surface area contributed by atoms with E-state index < -0.39 is 41.5 Å². The molecule has 0 saturated carbocycles. The number of halogens is 3. The number of benzene rings is 1. The SMILES string of the molecule is COC1(OC)C=CC2=NC3=C(C2=C1)C(CCCC(CNCCCc1cc(F)ccc1F)C(=O)O)C(F)NC3. The minimum atomic E-state index is -1.28. The number of allylic oxidation sites excluding steroid dienone is 2. The van der Waals surface area contributed by atoms with E-state index in [-0.39, 0.29) is 6.54 Å². The molecule has 38 heavy (non-hydrogen) atoms. The maximum atomic E-state index is 15.1. The lowest BCUT2D eigenvalue weighted by Crippen LogP contribution is -2.40. The summed E-state index contributed by atoms with van der Waals surface area (Å²) in [6, 6.07) is 3.36. The van der Waals surface area contributed by atoms with Gasteiger partial charge in [-0.3, -0.25) is 15.1 Å². The Labute approximate surface area is 220 Å². The number of aryl methyl sites for hydroxylation is 1. The van der Waals surface area contributed by atoms with Crippen LogP contribution >= 0.6 is 0 Å². The number of fused-ring (bicyclic) bond motifs is 2. The first-order chi connectivity index (χ1) is 18.3. The van der Waals surface area contributed by atoms with E-state index in [4.69, 9.17) is 9.47 Å². The molecule has 4 rings (SSSR count). The van der Waals surface area contributed by atoms with Crippen molar-refractivity contribution < 1.29 is 32.5 Å². The van der Waals surface area contributed by atoms with Crippen LogP contribution in [0.5, 0.6) is 0 Å².